The smallest absolute Gasteiger partial charge is 0.305 e. The van der Waals surface area contributed by atoms with E-state index in [1.54, 1.807) is 25.1 Å². The van der Waals surface area contributed by atoms with Crippen LogP contribution in [-0.4, -0.2) is 32.6 Å². The summed E-state index contributed by atoms with van der Waals surface area (Å²) in [6, 6.07) is 4.85. The molecule has 0 aliphatic rings. The Morgan fingerprint density at radius 2 is 2.06 bits per heavy atom. The highest BCUT2D eigenvalue weighted by Gasteiger charge is 2.06. The highest BCUT2D eigenvalue weighted by atomic mass is 16.6. The predicted octanol–water partition coefficient (Wildman–Crippen LogP) is 1.84. The Hall–Kier alpha value is -2.04. The maximum absolute atomic E-state index is 10.9. The van der Waals surface area contributed by atoms with Crippen LogP contribution in [0.25, 0.3) is 0 Å². The molecule has 5 nitrogen and oxygen atoms in total. The largest absolute Gasteiger partial charge is 0.493 e. The third-order valence-corrected chi connectivity index (χ3v) is 2.22. The molecule has 0 spiro atoms. The molecule has 98 valence electrons. The summed E-state index contributed by atoms with van der Waals surface area (Å²) in [5.41, 5.74) is 0.511. The topological polar surface area (TPSA) is 61.8 Å². The van der Waals surface area contributed by atoms with E-state index in [1.807, 2.05) is 0 Å². The maximum Gasteiger partial charge on any atom is 0.305 e. The molecule has 0 unspecified atom stereocenters. The molecule has 1 aromatic rings. The third-order valence-electron chi connectivity index (χ3n) is 2.22. The van der Waals surface area contributed by atoms with Crippen LogP contribution in [0.15, 0.2) is 18.2 Å². The number of aldehydes is 1. The minimum atomic E-state index is -0.262. The van der Waals surface area contributed by atoms with Gasteiger partial charge in [-0.3, -0.25) is 9.59 Å². The summed E-state index contributed by atoms with van der Waals surface area (Å²) in [5.74, 6) is 0.721. The van der Waals surface area contributed by atoms with Crippen LogP contribution < -0.4 is 9.47 Å². The van der Waals surface area contributed by atoms with Gasteiger partial charge in [0.05, 0.1) is 7.11 Å². The second-order valence-corrected chi connectivity index (χ2v) is 3.45. The van der Waals surface area contributed by atoms with Gasteiger partial charge < -0.3 is 14.2 Å². The van der Waals surface area contributed by atoms with Gasteiger partial charge in [-0.25, -0.2) is 0 Å². The van der Waals surface area contributed by atoms with Crippen molar-refractivity contribution in [2.24, 2.45) is 0 Å². The second-order valence-electron chi connectivity index (χ2n) is 3.45. The monoisotopic (exact) mass is 252 g/mol. The molecule has 0 N–H and O–H groups in total. The standard InChI is InChI=1S/C13H16O5/c1-3-13(15)18-7-6-17-11-5-4-10(9-14)8-12(11)16-2/h4-5,8-9H,3,6-7H2,1-2H3. The lowest BCUT2D eigenvalue weighted by molar-refractivity contribution is -0.143. The number of ether oxygens (including phenoxy) is 3. The van der Waals surface area contributed by atoms with Crippen molar-refractivity contribution in [3.8, 4) is 11.5 Å². The highest BCUT2D eigenvalue weighted by molar-refractivity contribution is 5.76. The van der Waals surface area contributed by atoms with Crippen LogP contribution in [0.3, 0.4) is 0 Å². The highest BCUT2D eigenvalue weighted by Crippen LogP contribution is 2.27. The molecule has 0 atom stereocenters. The van der Waals surface area contributed by atoms with E-state index in [2.05, 4.69) is 0 Å². The quantitative estimate of drug-likeness (QED) is 0.421. The van der Waals surface area contributed by atoms with E-state index in [-0.39, 0.29) is 19.2 Å². The van der Waals surface area contributed by atoms with Gasteiger partial charge >= 0.3 is 5.97 Å². The fourth-order valence-electron chi connectivity index (χ4n) is 1.29. The van der Waals surface area contributed by atoms with Crippen LogP contribution in [0, 0.1) is 0 Å². The Bertz CT molecular complexity index is 414. The van der Waals surface area contributed by atoms with Crippen LogP contribution >= 0.6 is 0 Å². The normalized spacial score (nSPS) is 9.67. The van der Waals surface area contributed by atoms with Crippen LogP contribution in [0.1, 0.15) is 23.7 Å². The maximum atomic E-state index is 10.9. The lowest BCUT2D eigenvalue weighted by Crippen LogP contribution is -2.11. The Balaban J connectivity index is 2.51. The number of esters is 1. The Kier molecular flexibility index (Phi) is 5.70. The molecule has 0 bridgehead atoms. The molecule has 1 aromatic carbocycles. The van der Waals surface area contributed by atoms with Crippen molar-refractivity contribution in [2.45, 2.75) is 13.3 Å². The number of rotatable bonds is 7. The zero-order valence-corrected chi connectivity index (χ0v) is 10.5. The molecule has 0 radical (unpaired) electrons. The van der Waals surface area contributed by atoms with Crippen LogP contribution in [-0.2, 0) is 9.53 Å². The molecule has 0 saturated carbocycles. The van der Waals surface area contributed by atoms with Crippen molar-refractivity contribution < 1.29 is 23.8 Å². The Morgan fingerprint density at radius 3 is 2.67 bits per heavy atom. The molecule has 0 amide bonds. The minimum Gasteiger partial charge on any atom is -0.493 e. The van der Waals surface area contributed by atoms with Gasteiger partial charge in [-0.15, -0.1) is 0 Å². The SMILES string of the molecule is CCC(=O)OCCOc1ccc(C=O)cc1OC. The zero-order chi connectivity index (χ0) is 13.4. The van der Waals surface area contributed by atoms with E-state index >= 15 is 0 Å². The van der Waals surface area contributed by atoms with E-state index in [0.29, 0.717) is 23.5 Å². The first-order valence-electron chi connectivity index (χ1n) is 5.63. The molecule has 0 fully saturated rings. The number of carbonyl (C=O) groups excluding carboxylic acids is 2. The van der Waals surface area contributed by atoms with E-state index in [1.165, 1.54) is 7.11 Å². The number of carbonyl (C=O) groups is 2. The zero-order valence-electron chi connectivity index (χ0n) is 10.5. The molecule has 0 aliphatic carbocycles. The third kappa shape index (κ3) is 4.08. The van der Waals surface area contributed by atoms with Gasteiger partial charge in [0.1, 0.15) is 19.5 Å². The number of benzene rings is 1. The lowest BCUT2D eigenvalue weighted by Gasteiger charge is -2.11. The molecule has 0 aliphatic heterocycles. The van der Waals surface area contributed by atoms with Gasteiger partial charge in [-0.2, -0.15) is 0 Å². The summed E-state index contributed by atoms with van der Waals surface area (Å²) in [7, 11) is 1.49. The molecule has 0 aromatic heterocycles. The minimum absolute atomic E-state index is 0.186. The summed E-state index contributed by atoms with van der Waals surface area (Å²) in [5, 5.41) is 0. The van der Waals surface area contributed by atoms with Gasteiger partial charge in [-0.1, -0.05) is 6.92 Å². The number of methoxy groups -OCH3 is 1. The Labute approximate surface area is 106 Å². The van der Waals surface area contributed by atoms with Crippen molar-refractivity contribution in [1.29, 1.82) is 0 Å². The summed E-state index contributed by atoms with van der Waals surface area (Å²) in [6.07, 6.45) is 1.08. The van der Waals surface area contributed by atoms with Gasteiger partial charge in [0.2, 0.25) is 0 Å². The van der Waals surface area contributed by atoms with Crippen LogP contribution in [0.5, 0.6) is 11.5 Å². The van der Waals surface area contributed by atoms with Crippen molar-refractivity contribution in [3.05, 3.63) is 23.8 Å². The Morgan fingerprint density at radius 1 is 1.28 bits per heavy atom. The van der Waals surface area contributed by atoms with E-state index < -0.39 is 0 Å². The van der Waals surface area contributed by atoms with Crippen LogP contribution in [0.2, 0.25) is 0 Å². The first-order chi connectivity index (χ1) is 8.71. The fraction of sp³-hybridized carbons (Fsp3) is 0.385. The summed E-state index contributed by atoms with van der Waals surface area (Å²) in [4.78, 5) is 21.5. The average molecular weight is 252 g/mol. The molecular weight excluding hydrogens is 236 g/mol. The first-order valence-corrected chi connectivity index (χ1v) is 5.63. The first kappa shape index (κ1) is 14.0. The van der Waals surface area contributed by atoms with Gasteiger partial charge in [0.15, 0.2) is 11.5 Å². The molecule has 1 rings (SSSR count). The van der Waals surface area contributed by atoms with Crippen molar-refractivity contribution >= 4 is 12.3 Å². The lowest BCUT2D eigenvalue weighted by atomic mass is 10.2. The predicted molar refractivity (Wildman–Crippen MR) is 65.1 cm³/mol. The molecule has 0 saturated heterocycles. The van der Waals surface area contributed by atoms with Crippen molar-refractivity contribution in [3.63, 3.8) is 0 Å². The molecule has 18 heavy (non-hydrogen) atoms. The fourth-order valence-corrected chi connectivity index (χ4v) is 1.29. The number of hydrogen-bond donors (Lipinski definition) is 0. The van der Waals surface area contributed by atoms with Gasteiger partial charge in [0.25, 0.3) is 0 Å². The van der Waals surface area contributed by atoms with E-state index in [4.69, 9.17) is 14.2 Å². The molecular formula is C13H16O5. The van der Waals surface area contributed by atoms with E-state index in [9.17, 15) is 9.59 Å². The van der Waals surface area contributed by atoms with Gasteiger partial charge in [-0.05, 0) is 18.2 Å². The summed E-state index contributed by atoms with van der Waals surface area (Å²) in [6.45, 7) is 2.15. The molecule has 0 heterocycles. The second kappa shape index (κ2) is 7.32. The van der Waals surface area contributed by atoms with E-state index in [0.717, 1.165) is 6.29 Å². The van der Waals surface area contributed by atoms with Crippen LogP contribution in [0.4, 0.5) is 0 Å². The van der Waals surface area contributed by atoms with Gasteiger partial charge in [0, 0.05) is 12.0 Å². The summed E-state index contributed by atoms with van der Waals surface area (Å²) < 4.78 is 15.4. The number of hydrogen-bond acceptors (Lipinski definition) is 5. The average Bonchev–Trinajstić information content (AvgIpc) is 2.43. The molecule has 5 heteroatoms. The van der Waals surface area contributed by atoms with Crippen molar-refractivity contribution in [1.82, 2.24) is 0 Å². The summed E-state index contributed by atoms with van der Waals surface area (Å²) >= 11 is 0. The van der Waals surface area contributed by atoms with Crippen molar-refractivity contribution in [2.75, 3.05) is 20.3 Å².